The molecule has 0 N–H and O–H groups in total. The summed E-state index contributed by atoms with van der Waals surface area (Å²) in [5.74, 6) is 0.436. The third-order valence-corrected chi connectivity index (χ3v) is 8.94. The van der Waals surface area contributed by atoms with E-state index in [1.54, 1.807) is 0 Å². The van der Waals surface area contributed by atoms with Crippen LogP contribution in [0.15, 0.2) is 72.2 Å². The molecule has 0 amide bonds. The van der Waals surface area contributed by atoms with Crippen LogP contribution in [0.2, 0.25) is 0 Å². The van der Waals surface area contributed by atoms with Gasteiger partial charge in [-0.25, -0.2) is 0 Å². The van der Waals surface area contributed by atoms with E-state index in [9.17, 15) is 0 Å². The average Bonchev–Trinajstić information content (AvgIpc) is 3.07. The quantitative estimate of drug-likeness (QED) is 0.0388. The van der Waals surface area contributed by atoms with Crippen LogP contribution in [0.25, 0.3) is 0 Å². The van der Waals surface area contributed by atoms with E-state index in [1.807, 2.05) is 0 Å². The van der Waals surface area contributed by atoms with Crippen molar-refractivity contribution in [2.24, 2.45) is 5.92 Å². The van der Waals surface area contributed by atoms with Crippen LogP contribution in [0, 0.1) is 5.92 Å². The lowest BCUT2D eigenvalue weighted by Gasteiger charge is -2.35. The summed E-state index contributed by atoms with van der Waals surface area (Å²) >= 11 is 0. The third kappa shape index (κ3) is 32.7. The lowest BCUT2D eigenvalue weighted by atomic mass is 10.0. The first-order valence-corrected chi connectivity index (χ1v) is 20.1. The van der Waals surface area contributed by atoms with Gasteiger partial charge in [0.25, 0.3) is 0 Å². The van der Waals surface area contributed by atoms with Crippen molar-refractivity contribution in [2.45, 2.75) is 168 Å². The molecule has 0 saturated heterocycles. The average molecular weight is 666 g/mol. The topological polar surface area (TPSA) is 21.7 Å². The van der Waals surface area contributed by atoms with Gasteiger partial charge in [-0.05, 0) is 110 Å². The van der Waals surface area contributed by atoms with Crippen molar-refractivity contribution in [3.63, 3.8) is 0 Å². The number of rotatable bonds is 34. The van der Waals surface area contributed by atoms with Gasteiger partial charge in [0, 0.05) is 12.5 Å². The van der Waals surface area contributed by atoms with Crippen LogP contribution in [-0.4, -0.2) is 51.0 Å². The van der Waals surface area contributed by atoms with Crippen molar-refractivity contribution in [3.8, 4) is 0 Å². The fourth-order valence-corrected chi connectivity index (χ4v) is 5.19. The molecule has 0 aromatic rings. The Morgan fingerprint density at radius 1 is 0.583 bits per heavy atom. The predicted molar refractivity (Wildman–Crippen MR) is 214 cm³/mol. The molecule has 0 fully saturated rings. The monoisotopic (exact) mass is 666 g/mol. The lowest BCUT2D eigenvalue weighted by molar-refractivity contribution is -0.0274. The second-order valence-electron chi connectivity index (χ2n) is 14.1. The standard InChI is InChI=1S/C45H79NO2/c1-7-9-11-13-14-15-16-17-18-19-20-21-22-25-28-32-36-40-47-42-45(4,46(5)6)43-48-41-37-33-29-26-23-24-27-31-35-39-44(3)38-34-30-12-10-8-2/h14-15,17-18,27,32,34,36,38-39,44H,7-13,16,19-26,28-30,33,37,40-43H2,1-6H3/b15-14-,18-17-,36-32?,38-34-,39-27?. The highest BCUT2D eigenvalue weighted by molar-refractivity contribution is 4.99. The van der Waals surface area contributed by atoms with Crippen LogP contribution in [-0.2, 0) is 9.47 Å². The minimum atomic E-state index is -0.107. The van der Waals surface area contributed by atoms with E-state index in [2.05, 4.69) is 119 Å². The number of hydrogen-bond donors (Lipinski definition) is 0. The molecule has 0 spiro atoms. The number of allylic oxidation sites excluding steroid dienone is 9. The van der Waals surface area contributed by atoms with E-state index in [0.29, 0.717) is 25.7 Å². The van der Waals surface area contributed by atoms with E-state index in [1.165, 1.54) is 109 Å². The number of nitrogens with zero attached hydrogens (tertiary/aromatic N) is 1. The molecule has 3 heteroatoms. The number of unbranched alkanes of at least 4 members (excludes halogenated alkanes) is 16. The Hall–Kier alpha value is -1.86. The molecule has 0 aliphatic heterocycles. The van der Waals surface area contributed by atoms with Gasteiger partial charge in [-0.15, -0.1) is 0 Å². The summed E-state index contributed by atoms with van der Waals surface area (Å²) in [5, 5.41) is 0. The molecule has 0 radical (unpaired) electrons. The van der Waals surface area contributed by atoms with Gasteiger partial charge in [0.05, 0.1) is 25.4 Å². The maximum atomic E-state index is 6.10. The SMILES string of the molecule is CCCCC/C=C\C/C=C\CCCCCCC=CCOCC(C)(COCCCCCCCC=C=C=CC(C)/C=C\CCCCC)N(C)C. The molecule has 48 heavy (non-hydrogen) atoms. The predicted octanol–water partition coefficient (Wildman–Crippen LogP) is 13.3. The molecule has 0 bridgehead atoms. The summed E-state index contributed by atoms with van der Waals surface area (Å²) in [6.07, 6.45) is 48.9. The normalized spacial score (nSPS) is 14.0. The number of hydrogen-bond acceptors (Lipinski definition) is 3. The fraction of sp³-hybridized carbons (Fsp3) is 0.733. The molecule has 2 atom stereocenters. The van der Waals surface area contributed by atoms with Crippen LogP contribution < -0.4 is 0 Å². The molecule has 0 aromatic carbocycles. The minimum absolute atomic E-state index is 0.107. The van der Waals surface area contributed by atoms with Gasteiger partial charge in [0.15, 0.2) is 0 Å². The van der Waals surface area contributed by atoms with Crippen molar-refractivity contribution in [2.75, 3.05) is 40.5 Å². The molecule has 2 unspecified atom stereocenters. The van der Waals surface area contributed by atoms with Crippen molar-refractivity contribution in [3.05, 3.63) is 72.2 Å². The Balaban J connectivity index is 3.80. The largest absolute Gasteiger partial charge is 0.379 e. The molecule has 0 saturated carbocycles. The van der Waals surface area contributed by atoms with E-state index in [-0.39, 0.29) is 5.54 Å². The zero-order valence-corrected chi connectivity index (χ0v) is 32.8. The van der Waals surface area contributed by atoms with Crippen LogP contribution in [0.1, 0.15) is 163 Å². The lowest BCUT2D eigenvalue weighted by Crippen LogP contribution is -2.49. The van der Waals surface area contributed by atoms with Gasteiger partial charge in [0.2, 0.25) is 0 Å². The van der Waals surface area contributed by atoms with Gasteiger partial charge in [-0.1, -0.05) is 139 Å². The summed E-state index contributed by atoms with van der Waals surface area (Å²) < 4.78 is 12.1. The molecule has 0 heterocycles. The number of ether oxygens (including phenoxy) is 2. The van der Waals surface area contributed by atoms with E-state index < -0.39 is 0 Å². The fourth-order valence-electron chi connectivity index (χ4n) is 5.19. The maximum absolute atomic E-state index is 6.10. The first-order valence-electron chi connectivity index (χ1n) is 20.1. The second-order valence-corrected chi connectivity index (χ2v) is 14.1. The van der Waals surface area contributed by atoms with Crippen LogP contribution >= 0.6 is 0 Å². The Kier molecular flexibility index (Phi) is 35.0. The Morgan fingerprint density at radius 3 is 1.73 bits per heavy atom. The van der Waals surface area contributed by atoms with E-state index >= 15 is 0 Å². The van der Waals surface area contributed by atoms with Crippen molar-refractivity contribution < 1.29 is 9.47 Å². The first kappa shape index (κ1) is 46.1. The summed E-state index contributed by atoms with van der Waals surface area (Å²) in [6.45, 7) is 11.8. The highest BCUT2D eigenvalue weighted by atomic mass is 16.5. The van der Waals surface area contributed by atoms with Crippen molar-refractivity contribution in [1.82, 2.24) is 4.90 Å². The van der Waals surface area contributed by atoms with Crippen LogP contribution in [0.3, 0.4) is 0 Å². The summed E-state index contributed by atoms with van der Waals surface area (Å²) in [5.41, 5.74) is 6.31. The van der Waals surface area contributed by atoms with Crippen molar-refractivity contribution in [1.29, 1.82) is 0 Å². The number of likely N-dealkylation sites (N-methyl/N-ethyl adjacent to an activating group) is 1. The Labute approximate surface area is 300 Å². The zero-order valence-electron chi connectivity index (χ0n) is 32.8. The summed E-state index contributed by atoms with van der Waals surface area (Å²) in [6, 6.07) is 0. The zero-order chi connectivity index (χ0) is 35.2. The van der Waals surface area contributed by atoms with Gasteiger partial charge in [-0.3, -0.25) is 4.90 Å². The van der Waals surface area contributed by atoms with Crippen molar-refractivity contribution >= 4 is 0 Å². The van der Waals surface area contributed by atoms with Crippen LogP contribution in [0.4, 0.5) is 0 Å². The van der Waals surface area contributed by atoms with Gasteiger partial charge >= 0.3 is 0 Å². The smallest absolute Gasteiger partial charge is 0.0674 e. The maximum Gasteiger partial charge on any atom is 0.0674 e. The summed E-state index contributed by atoms with van der Waals surface area (Å²) in [7, 11) is 4.25. The van der Waals surface area contributed by atoms with Gasteiger partial charge < -0.3 is 9.47 Å². The van der Waals surface area contributed by atoms with Gasteiger partial charge in [-0.2, -0.15) is 0 Å². The molecule has 0 aliphatic carbocycles. The molecule has 3 nitrogen and oxygen atoms in total. The van der Waals surface area contributed by atoms with Crippen LogP contribution in [0.5, 0.6) is 0 Å². The molecule has 0 aromatic heterocycles. The molecular weight excluding hydrogens is 587 g/mol. The third-order valence-electron chi connectivity index (χ3n) is 8.94. The summed E-state index contributed by atoms with van der Waals surface area (Å²) in [4.78, 5) is 2.24. The first-order chi connectivity index (χ1) is 23.5. The molecular formula is C45H79NO2. The highest BCUT2D eigenvalue weighted by Crippen LogP contribution is 2.14. The Bertz CT molecular complexity index is 900. The minimum Gasteiger partial charge on any atom is -0.379 e. The highest BCUT2D eigenvalue weighted by Gasteiger charge is 2.27. The second kappa shape index (κ2) is 36.4. The van der Waals surface area contributed by atoms with Gasteiger partial charge in [0.1, 0.15) is 0 Å². The molecule has 0 rings (SSSR count). The molecule has 0 aliphatic rings. The van der Waals surface area contributed by atoms with E-state index in [4.69, 9.17) is 9.47 Å². The Morgan fingerprint density at radius 2 is 1.10 bits per heavy atom. The van der Waals surface area contributed by atoms with E-state index in [0.717, 1.165) is 32.3 Å². The molecule has 276 valence electrons.